The Hall–Kier alpha value is -3.72. The number of anilines is 3. The van der Waals surface area contributed by atoms with Crippen molar-refractivity contribution in [3.8, 4) is 11.1 Å². The van der Waals surface area contributed by atoms with Crippen LogP contribution in [-0.2, 0) is 14.5 Å². The summed E-state index contributed by atoms with van der Waals surface area (Å²) in [4.78, 5) is 27.5. The van der Waals surface area contributed by atoms with E-state index >= 15 is 0 Å². The summed E-state index contributed by atoms with van der Waals surface area (Å²) in [5.41, 5.74) is 16.8. The molecule has 0 radical (unpaired) electrons. The molecule has 0 fully saturated rings. The molecular formula is C24H25N5O3. The summed E-state index contributed by atoms with van der Waals surface area (Å²) in [6.45, 7) is 0.259. The lowest BCUT2D eigenvalue weighted by molar-refractivity contribution is -0.116. The molecule has 1 heterocycles. The Balaban J connectivity index is 2.01. The molecule has 0 atom stereocenters. The third-order valence-electron chi connectivity index (χ3n) is 5.08. The molecule has 0 saturated carbocycles. The lowest BCUT2D eigenvalue weighted by Crippen LogP contribution is -2.17. The largest absolute Gasteiger partial charge is 0.330 e. The van der Waals surface area contributed by atoms with Crippen molar-refractivity contribution in [1.29, 1.82) is 0 Å². The predicted octanol–water partition coefficient (Wildman–Crippen LogP) is 4.29. The summed E-state index contributed by atoms with van der Waals surface area (Å²) >= 11 is 0. The number of benzene rings is 3. The minimum Gasteiger partial charge on any atom is -0.330 e. The highest BCUT2D eigenvalue weighted by atomic mass is 16.6. The number of fused-ring (bicyclic) bond motifs is 2. The second kappa shape index (κ2) is 9.61. The lowest BCUT2D eigenvalue weighted by atomic mass is 9.94. The molecule has 4 rings (SSSR count). The Morgan fingerprint density at radius 3 is 2.06 bits per heavy atom. The molecular weight excluding hydrogens is 406 g/mol. The summed E-state index contributed by atoms with van der Waals surface area (Å²) in [5.74, 6) is -0.192. The van der Waals surface area contributed by atoms with Gasteiger partial charge in [0, 0.05) is 34.9 Å². The van der Waals surface area contributed by atoms with E-state index in [1.165, 1.54) is 7.11 Å². The first kappa shape index (κ1) is 21.5. The van der Waals surface area contributed by atoms with Gasteiger partial charge in [-0.15, -0.1) is 0 Å². The summed E-state index contributed by atoms with van der Waals surface area (Å²) in [7, 11) is 3.06. The van der Waals surface area contributed by atoms with Crippen molar-refractivity contribution >= 4 is 44.8 Å². The van der Waals surface area contributed by atoms with Gasteiger partial charge in [-0.25, -0.2) is 4.98 Å². The highest BCUT2D eigenvalue weighted by Crippen LogP contribution is 2.42. The van der Waals surface area contributed by atoms with Gasteiger partial charge in [0.1, 0.15) is 0 Å². The van der Waals surface area contributed by atoms with Gasteiger partial charge < -0.3 is 11.1 Å². The van der Waals surface area contributed by atoms with Crippen LogP contribution in [0.15, 0.2) is 60.7 Å². The van der Waals surface area contributed by atoms with Crippen LogP contribution in [0.25, 0.3) is 32.9 Å². The Bertz CT molecular complexity index is 1220. The maximum atomic E-state index is 12.2. The van der Waals surface area contributed by atoms with Crippen LogP contribution in [0.2, 0.25) is 0 Å². The van der Waals surface area contributed by atoms with E-state index in [0.29, 0.717) is 17.1 Å². The highest BCUT2D eigenvalue weighted by Gasteiger charge is 2.18. The molecule has 0 aliphatic rings. The van der Waals surface area contributed by atoms with E-state index in [4.69, 9.17) is 20.4 Å². The van der Waals surface area contributed by atoms with Gasteiger partial charge in [0.2, 0.25) is 5.91 Å². The fraction of sp³-hybridized carbons (Fsp3) is 0.167. The number of hydrogen-bond donors (Lipinski definition) is 4. The molecule has 4 aromatic rings. The van der Waals surface area contributed by atoms with Crippen LogP contribution in [0, 0.1) is 0 Å². The zero-order valence-electron chi connectivity index (χ0n) is 17.9. The van der Waals surface area contributed by atoms with Crippen LogP contribution < -0.4 is 22.0 Å². The third kappa shape index (κ3) is 4.19. The number of carbonyl (C=O) groups excluding carboxylic acids is 1. The van der Waals surface area contributed by atoms with Gasteiger partial charge in [-0.1, -0.05) is 36.4 Å². The second-order valence-corrected chi connectivity index (χ2v) is 7.16. The number of nitrogens with zero attached hydrogens (tertiary/aromatic N) is 1. The zero-order chi connectivity index (χ0) is 22.5. The third-order valence-corrected chi connectivity index (χ3v) is 5.08. The highest BCUT2D eigenvalue weighted by molar-refractivity contribution is 6.12. The van der Waals surface area contributed by atoms with Crippen LogP contribution in [0.4, 0.5) is 17.1 Å². The van der Waals surface area contributed by atoms with Gasteiger partial charge in [-0.2, -0.15) is 0 Å². The lowest BCUT2D eigenvalue weighted by Gasteiger charge is -2.20. The normalized spacial score (nSPS) is 11.0. The van der Waals surface area contributed by atoms with Crippen LogP contribution in [0.1, 0.15) is 6.42 Å². The molecule has 1 amide bonds. The van der Waals surface area contributed by atoms with Crippen molar-refractivity contribution in [3.63, 3.8) is 0 Å². The standard InChI is InChI=1S/C24H25N5O3/c1-31-28-20-14-21(27-23(30)11-12-25)22(29-32-2)13-17(20)24-15-7-3-5-9-18(15)26-19-10-6-4-8-16(19)24/h3-10,13-14,28-29H,11-12,25H2,1-2H3,(H,27,30). The Morgan fingerprint density at radius 1 is 0.875 bits per heavy atom. The van der Waals surface area contributed by atoms with Gasteiger partial charge in [-0.05, 0) is 24.3 Å². The van der Waals surface area contributed by atoms with Crippen molar-refractivity contribution < 1.29 is 14.5 Å². The molecule has 32 heavy (non-hydrogen) atoms. The number of para-hydroxylation sites is 2. The average molecular weight is 431 g/mol. The summed E-state index contributed by atoms with van der Waals surface area (Å²) in [5, 5.41) is 4.87. The molecule has 8 nitrogen and oxygen atoms in total. The average Bonchev–Trinajstić information content (AvgIpc) is 2.79. The SMILES string of the molecule is CONc1cc(-c2c3ccccc3nc3ccccc23)c(NOC)cc1NC(=O)CCN. The second-order valence-electron chi connectivity index (χ2n) is 7.16. The van der Waals surface area contributed by atoms with Crippen molar-refractivity contribution in [2.75, 3.05) is 37.0 Å². The van der Waals surface area contributed by atoms with Crippen LogP contribution in [-0.4, -0.2) is 31.7 Å². The minimum absolute atomic E-state index is 0.192. The van der Waals surface area contributed by atoms with E-state index in [-0.39, 0.29) is 18.9 Å². The molecule has 0 spiro atoms. The van der Waals surface area contributed by atoms with Crippen LogP contribution >= 0.6 is 0 Å². The molecule has 164 valence electrons. The molecule has 0 saturated heterocycles. The molecule has 3 aromatic carbocycles. The molecule has 0 unspecified atom stereocenters. The first-order chi connectivity index (χ1) is 15.7. The van der Waals surface area contributed by atoms with Gasteiger partial charge >= 0.3 is 0 Å². The molecule has 5 N–H and O–H groups in total. The Morgan fingerprint density at radius 2 is 1.47 bits per heavy atom. The minimum atomic E-state index is -0.192. The van der Waals surface area contributed by atoms with E-state index in [9.17, 15) is 4.79 Å². The monoisotopic (exact) mass is 431 g/mol. The summed E-state index contributed by atoms with van der Waals surface area (Å²) < 4.78 is 0. The summed E-state index contributed by atoms with van der Waals surface area (Å²) in [6, 6.07) is 19.7. The number of nitrogens with two attached hydrogens (primary N) is 1. The predicted molar refractivity (Wildman–Crippen MR) is 128 cm³/mol. The Labute approximate surface area is 185 Å². The Kier molecular flexibility index (Phi) is 6.46. The van der Waals surface area contributed by atoms with E-state index in [1.807, 2.05) is 54.6 Å². The fourth-order valence-electron chi connectivity index (χ4n) is 3.77. The van der Waals surface area contributed by atoms with Gasteiger partial charge in [0.25, 0.3) is 0 Å². The number of pyridine rings is 1. The molecule has 0 aliphatic heterocycles. The van der Waals surface area contributed by atoms with Crippen LogP contribution in [0.3, 0.4) is 0 Å². The van der Waals surface area contributed by atoms with E-state index in [2.05, 4.69) is 16.3 Å². The zero-order valence-corrected chi connectivity index (χ0v) is 17.9. The van der Waals surface area contributed by atoms with E-state index < -0.39 is 0 Å². The topological polar surface area (TPSA) is 111 Å². The maximum Gasteiger partial charge on any atom is 0.225 e. The fourth-order valence-corrected chi connectivity index (χ4v) is 3.77. The number of hydrogen-bond acceptors (Lipinski definition) is 7. The van der Waals surface area contributed by atoms with Crippen molar-refractivity contribution in [2.24, 2.45) is 5.73 Å². The van der Waals surface area contributed by atoms with Crippen molar-refractivity contribution in [1.82, 2.24) is 4.98 Å². The molecule has 1 aromatic heterocycles. The molecule has 0 aliphatic carbocycles. The molecule has 0 bridgehead atoms. The smallest absolute Gasteiger partial charge is 0.225 e. The quantitative estimate of drug-likeness (QED) is 0.243. The maximum absolute atomic E-state index is 12.2. The first-order valence-corrected chi connectivity index (χ1v) is 10.2. The van der Waals surface area contributed by atoms with E-state index in [0.717, 1.165) is 32.9 Å². The van der Waals surface area contributed by atoms with Gasteiger partial charge in [0.05, 0.1) is 42.3 Å². The summed E-state index contributed by atoms with van der Waals surface area (Å²) in [6.07, 6.45) is 0.209. The first-order valence-electron chi connectivity index (χ1n) is 10.2. The van der Waals surface area contributed by atoms with Gasteiger partial charge in [-0.3, -0.25) is 25.4 Å². The number of carbonyl (C=O) groups is 1. The van der Waals surface area contributed by atoms with Crippen molar-refractivity contribution in [2.45, 2.75) is 6.42 Å². The van der Waals surface area contributed by atoms with Crippen molar-refractivity contribution in [3.05, 3.63) is 60.7 Å². The number of rotatable bonds is 8. The number of amides is 1. The molecule has 8 heteroatoms. The van der Waals surface area contributed by atoms with Crippen LogP contribution in [0.5, 0.6) is 0 Å². The van der Waals surface area contributed by atoms with Gasteiger partial charge in [0.15, 0.2) is 0 Å². The number of nitrogens with one attached hydrogen (secondary N) is 3. The van der Waals surface area contributed by atoms with E-state index in [1.54, 1.807) is 13.2 Å². The number of aromatic nitrogens is 1.